The fraction of sp³-hybridized carbons (Fsp3) is 0.594. The molecule has 2 aromatic heterocycles. The molecular weight excluding hydrogens is 550 g/mol. The Balaban J connectivity index is 1.29. The first kappa shape index (κ1) is 29.9. The smallest absolute Gasteiger partial charge is 0.242 e. The number of benzene rings is 1. The van der Waals surface area contributed by atoms with Crippen molar-refractivity contribution >= 4 is 28.4 Å². The number of piperazine rings is 1. The summed E-state index contributed by atoms with van der Waals surface area (Å²) in [5, 5.41) is 3.58. The molecule has 0 unspecified atom stereocenters. The van der Waals surface area contributed by atoms with Gasteiger partial charge in [0, 0.05) is 88.4 Å². The van der Waals surface area contributed by atoms with Crippen molar-refractivity contribution in [2.75, 3.05) is 75.5 Å². The van der Waals surface area contributed by atoms with Crippen molar-refractivity contribution in [3.63, 3.8) is 0 Å². The highest BCUT2D eigenvalue weighted by atomic mass is 19.3. The lowest BCUT2D eigenvalue weighted by atomic mass is 9.97. The second-order valence-corrected chi connectivity index (χ2v) is 12.2. The molecule has 3 aromatic rings. The molecule has 0 bridgehead atoms. The first-order valence-electron chi connectivity index (χ1n) is 15.8. The van der Waals surface area contributed by atoms with Gasteiger partial charge >= 0.3 is 0 Å². The van der Waals surface area contributed by atoms with Crippen LogP contribution in [0.25, 0.3) is 22.2 Å². The number of nitrogens with one attached hydrogen (secondary N) is 1. The zero-order valence-corrected chi connectivity index (χ0v) is 25.4. The van der Waals surface area contributed by atoms with Crippen LogP contribution < -0.4 is 16.0 Å². The molecule has 5 heterocycles. The highest BCUT2D eigenvalue weighted by Crippen LogP contribution is 2.35. The number of fused-ring (bicyclic) bond motifs is 1. The molecule has 232 valence electrons. The molecule has 3 saturated heterocycles. The van der Waals surface area contributed by atoms with E-state index in [9.17, 15) is 8.78 Å². The summed E-state index contributed by atoms with van der Waals surface area (Å²) in [7, 11) is 2.18. The van der Waals surface area contributed by atoms with Crippen LogP contribution in [0.3, 0.4) is 0 Å². The van der Waals surface area contributed by atoms with Crippen molar-refractivity contribution in [2.24, 2.45) is 0 Å². The maximum Gasteiger partial charge on any atom is 0.242 e. The molecule has 9 nitrogen and oxygen atoms in total. The van der Waals surface area contributed by atoms with Gasteiger partial charge in [-0.15, -0.1) is 0 Å². The van der Waals surface area contributed by atoms with Gasteiger partial charge < -0.3 is 25.6 Å². The number of hydrogen-bond acceptors (Lipinski definition) is 9. The quantitative estimate of drug-likeness (QED) is 0.392. The predicted molar refractivity (Wildman–Crippen MR) is 168 cm³/mol. The Bertz CT molecular complexity index is 1400. The largest absolute Gasteiger partial charge is 0.382 e. The Hall–Kier alpha value is -3.15. The van der Waals surface area contributed by atoms with E-state index in [0.29, 0.717) is 34.9 Å². The van der Waals surface area contributed by atoms with Gasteiger partial charge in [-0.25, -0.2) is 23.7 Å². The molecular formula is C32H44F2N8O. The number of piperidine rings is 1. The number of hydrogen-bond donors (Lipinski definition) is 2. The number of aromatic nitrogens is 3. The van der Waals surface area contributed by atoms with Gasteiger partial charge in [0.2, 0.25) is 6.43 Å². The Morgan fingerprint density at radius 1 is 1.00 bits per heavy atom. The molecule has 43 heavy (non-hydrogen) atoms. The SMILES string of the molecule is CCc1nc2c(N)ncc(-c3ccc(N4CCC(N5CCN(C)CC5)CC4)c(CC(F)F)c3)c2nc1NC1CCOCC1. The molecule has 0 aliphatic carbocycles. The third-order valence-electron chi connectivity index (χ3n) is 9.32. The van der Waals surface area contributed by atoms with Crippen molar-refractivity contribution < 1.29 is 13.5 Å². The van der Waals surface area contributed by atoms with Crippen LogP contribution >= 0.6 is 0 Å². The zero-order chi connectivity index (χ0) is 29.9. The van der Waals surface area contributed by atoms with Gasteiger partial charge in [0.05, 0.1) is 5.69 Å². The molecule has 6 rings (SSSR count). The normalized spacial score (nSPS) is 19.9. The summed E-state index contributed by atoms with van der Waals surface area (Å²) in [6, 6.07) is 6.71. The Kier molecular flexibility index (Phi) is 9.20. The lowest BCUT2D eigenvalue weighted by molar-refractivity contribution is 0.0903. The molecule has 0 radical (unpaired) electrons. The van der Waals surface area contributed by atoms with E-state index in [-0.39, 0.29) is 12.5 Å². The number of aryl methyl sites for hydroxylation is 1. The monoisotopic (exact) mass is 594 g/mol. The number of nitrogens with two attached hydrogens (primary N) is 1. The van der Waals surface area contributed by atoms with Crippen LogP contribution in [-0.4, -0.2) is 103 Å². The topological polar surface area (TPSA) is 95.7 Å². The van der Waals surface area contributed by atoms with E-state index >= 15 is 0 Å². The fourth-order valence-corrected chi connectivity index (χ4v) is 6.75. The molecule has 0 atom stereocenters. The second kappa shape index (κ2) is 13.2. The summed E-state index contributed by atoms with van der Waals surface area (Å²) in [4.78, 5) is 21.6. The van der Waals surface area contributed by atoms with Gasteiger partial charge in [0.15, 0.2) is 5.82 Å². The number of alkyl halides is 2. The molecule has 0 spiro atoms. The summed E-state index contributed by atoms with van der Waals surface area (Å²) >= 11 is 0. The number of likely N-dealkylation sites (N-methyl/N-ethyl adjacent to an activating group) is 1. The molecule has 0 amide bonds. The summed E-state index contributed by atoms with van der Waals surface area (Å²) in [5.74, 6) is 1.05. The fourth-order valence-electron chi connectivity index (χ4n) is 6.75. The van der Waals surface area contributed by atoms with Crippen LogP contribution in [0.2, 0.25) is 0 Å². The maximum absolute atomic E-state index is 13.9. The first-order valence-corrected chi connectivity index (χ1v) is 15.8. The van der Waals surface area contributed by atoms with Crippen molar-refractivity contribution in [2.45, 2.75) is 64.0 Å². The summed E-state index contributed by atoms with van der Waals surface area (Å²) in [5.41, 5.74) is 11.4. The molecule has 3 N–H and O–H groups in total. The highest BCUT2D eigenvalue weighted by Gasteiger charge is 2.28. The second-order valence-electron chi connectivity index (χ2n) is 12.2. The number of halogens is 2. The van der Waals surface area contributed by atoms with Gasteiger partial charge in [-0.1, -0.05) is 13.0 Å². The Morgan fingerprint density at radius 2 is 1.74 bits per heavy atom. The van der Waals surface area contributed by atoms with E-state index in [1.807, 2.05) is 25.1 Å². The zero-order valence-electron chi connectivity index (χ0n) is 25.4. The molecule has 3 fully saturated rings. The first-order chi connectivity index (χ1) is 20.9. The molecule has 3 aliphatic rings. The van der Waals surface area contributed by atoms with Gasteiger partial charge in [-0.2, -0.15) is 0 Å². The molecule has 0 saturated carbocycles. The number of rotatable bonds is 8. The van der Waals surface area contributed by atoms with Gasteiger partial charge in [-0.3, -0.25) is 4.90 Å². The molecule has 1 aromatic carbocycles. The summed E-state index contributed by atoms with van der Waals surface area (Å²) in [6.45, 7) is 9.62. The minimum Gasteiger partial charge on any atom is -0.382 e. The van der Waals surface area contributed by atoms with Crippen LogP contribution in [0.5, 0.6) is 0 Å². The van der Waals surface area contributed by atoms with Crippen LogP contribution in [0.1, 0.15) is 43.9 Å². The van der Waals surface area contributed by atoms with E-state index in [1.54, 1.807) is 6.20 Å². The van der Waals surface area contributed by atoms with Crippen LogP contribution in [0.15, 0.2) is 24.4 Å². The number of pyridine rings is 1. The van der Waals surface area contributed by atoms with Gasteiger partial charge in [0.25, 0.3) is 0 Å². The third kappa shape index (κ3) is 6.68. The number of nitrogen functional groups attached to an aromatic ring is 1. The van der Waals surface area contributed by atoms with Crippen molar-refractivity contribution in [3.05, 3.63) is 35.7 Å². The Labute approximate surface area is 252 Å². The number of nitrogens with zero attached hydrogens (tertiary/aromatic N) is 6. The van der Waals surface area contributed by atoms with Gasteiger partial charge in [0.1, 0.15) is 16.9 Å². The number of anilines is 3. The van der Waals surface area contributed by atoms with Crippen molar-refractivity contribution in [1.29, 1.82) is 0 Å². The van der Waals surface area contributed by atoms with Crippen LogP contribution in [0, 0.1) is 0 Å². The maximum atomic E-state index is 13.9. The lowest BCUT2D eigenvalue weighted by Gasteiger charge is -2.43. The molecule has 11 heteroatoms. The van der Waals surface area contributed by atoms with E-state index < -0.39 is 6.43 Å². The van der Waals surface area contributed by atoms with E-state index in [4.69, 9.17) is 20.4 Å². The minimum absolute atomic E-state index is 0.255. The third-order valence-corrected chi connectivity index (χ3v) is 9.32. The summed E-state index contributed by atoms with van der Waals surface area (Å²) in [6.07, 6.45) is 3.54. The van der Waals surface area contributed by atoms with E-state index in [2.05, 4.69) is 32.0 Å². The minimum atomic E-state index is -2.44. The van der Waals surface area contributed by atoms with Crippen LogP contribution in [-0.2, 0) is 17.6 Å². The number of ether oxygens (including phenoxy) is 1. The van der Waals surface area contributed by atoms with Crippen LogP contribution in [0.4, 0.5) is 26.1 Å². The van der Waals surface area contributed by atoms with Crippen molar-refractivity contribution in [1.82, 2.24) is 24.8 Å². The Morgan fingerprint density at radius 3 is 2.44 bits per heavy atom. The highest BCUT2D eigenvalue weighted by molar-refractivity contribution is 5.97. The van der Waals surface area contributed by atoms with Crippen molar-refractivity contribution in [3.8, 4) is 11.1 Å². The lowest BCUT2D eigenvalue weighted by Crippen LogP contribution is -2.52. The van der Waals surface area contributed by atoms with E-state index in [1.165, 1.54) is 0 Å². The average Bonchev–Trinajstić information content (AvgIpc) is 3.02. The van der Waals surface area contributed by atoms with Gasteiger partial charge in [-0.05, 0) is 62.4 Å². The summed E-state index contributed by atoms with van der Waals surface area (Å²) < 4.78 is 33.3. The molecule has 3 aliphatic heterocycles. The average molecular weight is 595 g/mol. The predicted octanol–water partition coefficient (Wildman–Crippen LogP) is 4.45. The standard InChI is InChI=1S/C32H44F2N8O/c1-3-26-32(37-23-8-16-43-17-9-23)39-29-25(20-36-31(35)30(29)38-26)21-4-5-27(22(18-21)19-28(33)34)42-10-6-24(7-11-42)41-14-12-40(2)13-15-41/h4-5,18,20,23-24,28H,3,6-17,19H2,1-2H3,(H2,35,36)(H,37,39). The van der Waals surface area contributed by atoms with E-state index in [0.717, 1.165) is 106 Å².